The van der Waals surface area contributed by atoms with E-state index in [9.17, 15) is 10.1 Å². The van der Waals surface area contributed by atoms with Gasteiger partial charge in [-0.05, 0) is 38.0 Å². The summed E-state index contributed by atoms with van der Waals surface area (Å²) < 4.78 is 0. The van der Waals surface area contributed by atoms with E-state index in [0.717, 1.165) is 22.4 Å². The number of oxime groups is 1. The molecule has 5 heteroatoms. The van der Waals surface area contributed by atoms with Crippen molar-refractivity contribution < 1.29 is 9.76 Å². The maximum absolute atomic E-state index is 11.2. The lowest BCUT2D eigenvalue weighted by atomic mass is 9.92. The normalized spacial score (nSPS) is 16.8. The summed E-state index contributed by atoms with van der Waals surface area (Å²) in [4.78, 5) is 16.3. The molecule has 2 aromatic rings. The largest absolute Gasteiger partial charge is 0.387 e. The first-order valence-electron chi connectivity index (χ1n) is 7.51. The third-order valence-corrected chi connectivity index (χ3v) is 4.11. The molecule has 0 saturated heterocycles. The van der Waals surface area contributed by atoms with Gasteiger partial charge in [-0.1, -0.05) is 35.0 Å². The summed E-state index contributed by atoms with van der Waals surface area (Å²) in [5, 5.41) is 15.4. The number of aryl methyl sites for hydroxylation is 3. The van der Waals surface area contributed by atoms with E-state index in [2.05, 4.69) is 38.1 Å². The Morgan fingerprint density at radius 1 is 1.17 bits per heavy atom. The monoisotopic (exact) mass is 310 g/mol. The Bertz CT molecular complexity index is 789. The van der Waals surface area contributed by atoms with Crippen molar-refractivity contribution in [2.45, 2.75) is 33.3 Å². The van der Waals surface area contributed by atoms with Gasteiger partial charge in [-0.15, -0.1) is 0 Å². The number of para-hydroxylation sites is 1. The number of nitrogens with zero attached hydrogens (tertiary/aromatic N) is 2. The van der Waals surface area contributed by atoms with Gasteiger partial charge in [-0.2, -0.15) is 0 Å². The van der Waals surface area contributed by atoms with Gasteiger partial charge >= 0.3 is 0 Å². The molecule has 5 nitrogen and oxygen atoms in total. The summed E-state index contributed by atoms with van der Waals surface area (Å²) in [5.74, 6) is 0. The van der Waals surface area contributed by atoms with Crippen molar-refractivity contribution in [1.29, 1.82) is 0 Å². The fourth-order valence-corrected chi connectivity index (χ4v) is 3.25. The van der Waals surface area contributed by atoms with Crippen LogP contribution in [-0.4, -0.2) is 10.6 Å². The molecular formula is C18H18N2O3. The second-order valence-electron chi connectivity index (χ2n) is 5.93. The zero-order valence-electron chi connectivity index (χ0n) is 13.4. The van der Waals surface area contributed by atoms with Crippen molar-refractivity contribution in [3.05, 3.63) is 74.3 Å². The zero-order chi connectivity index (χ0) is 16.6. The molecule has 1 aliphatic heterocycles. The van der Waals surface area contributed by atoms with Crippen LogP contribution in [0.25, 0.3) is 0 Å². The highest BCUT2D eigenvalue weighted by atomic mass is 16.6. The van der Waals surface area contributed by atoms with Crippen LogP contribution in [0.4, 0.5) is 5.69 Å². The molecular weight excluding hydrogens is 292 g/mol. The highest BCUT2D eigenvalue weighted by Gasteiger charge is 2.30. The molecule has 1 aliphatic rings. The molecule has 0 spiro atoms. The summed E-state index contributed by atoms with van der Waals surface area (Å²) in [7, 11) is 0. The van der Waals surface area contributed by atoms with Crippen LogP contribution in [0.3, 0.4) is 0 Å². The van der Waals surface area contributed by atoms with Gasteiger partial charge in [0.1, 0.15) is 0 Å². The minimum atomic E-state index is -0.410. The molecule has 0 fully saturated rings. The average molecular weight is 310 g/mol. The van der Waals surface area contributed by atoms with Gasteiger partial charge < -0.3 is 4.84 Å². The fourth-order valence-electron chi connectivity index (χ4n) is 3.25. The third-order valence-electron chi connectivity index (χ3n) is 4.11. The third kappa shape index (κ3) is 2.82. The second-order valence-corrected chi connectivity index (χ2v) is 5.93. The van der Waals surface area contributed by atoms with Gasteiger partial charge in [-0.3, -0.25) is 10.1 Å². The lowest BCUT2D eigenvalue weighted by Gasteiger charge is -2.11. The SMILES string of the molecule is Cc1cc(C)c(C2=NOC(c3ccccc3[N+](=O)[O-])C2)c(C)c1. The first kappa shape index (κ1) is 15.2. The Morgan fingerprint density at radius 2 is 1.83 bits per heavy atom. The van der Waals surface area contributed by atoms with Crippen molar-refractivity contribution in [3.63, 3.8) is 0 Å². The van der Waals surface area contributed by atoms with Crippen molar-refractivity contribution in [2.75, 3.05) is 0 Å². The minimum absolute atomic E-state index is 0.0753. The zero-order valence-corrected chi connectivity index (χ0v) is 13.4. The van der Waals surface area contributed by atoms with E-state index in [1.807, 2.05) is 0 Å². The number of nitro benzene ring substituents is 1. The lowest BCUT2D eigenvalue weighted by molar-refractivity contribution is -0.386. The first-order chi connectivity index (χ1) is 11.0. The fraction of sp³-hybridized carbons (Fsp3) is 0.278. The number of nitro groups is 1. The predicted octanol–water partition coefficient (Wildman–Crippen LogP) is 4.39. The van der Waals surface area contributed by atoms with Gasteiger partial charge in [0.2, 0.25) is 0 Å². The van der Waals surface area contributed by atoms with E-state index in [1.165, 1.54) is 11.6 Å². The molecule has 1 atom stereocenters. The summed E-state index contributed by atoms with van der Waals surface area (Å²) in [6.45, 7) is 6.17. The molecule has 23 heavy (non-hydrogen) atoms. The lowest BCUT2D eigenvalue weighted by Crippen LogP contribution is -2.07. The standard InChI is InChI=1S/C18H18N2O3/c1-11-8-12(2)18(13(3)9-11)15-10-17(23-19-15)14-6-4-5-7-16(14)20(21)22/h4-9,17H,10H2,1-3H3. The van der Waals surface area contributed by atoms with Crippen LogP contribution in [0.1, 0.15) is 40.3 Å². The van der Waals surface area contributed by atoms with Crippen molar-refractivity contribution in [1.82, 2.24) is 0 Å². The van der Waals surface area contributed by atoms with Gasteiger partial charge in [0.05, 0.1) is 16.2 Å². The number of benzene rings is 2. The van der Waals surface area contributed by atoms with Crippen LogP contribution in [0, 0.1) is 30.9 Å². The first-order valence-corrected chi connectivity index (χ1v) is 7.51. The quantitative estimate of drug-likeness (QED) is 0.624. The maximum Gasteiger partial charge on any atom is 0.276 e. The molecule has 1 heterocycles. The number of hydrogen-bond donors (Lipinski definition) is 0. The summed E-state index contributed by atoms with van der Waals surface area (Å²) in [5.41, 5.74) is 6.07. The Hall–Kier alpha value is -2.69. The molecule has 0 amide bonds. The van der Waals surface area contributed by atoms with E-state index in [4.69, 9.17) is 4.84 Å². The molecule has 1 unspecified atom stereocenters. The van der Waals surface area contributed by atoms with Crippen LogP contribution < -0.4 is 0 Å². The minimum Gasteiger partial charge on any atom is -0.387 e. The van der Waals surface area contributed by atoms with Crippen molar-refractivity contribution >= 4 is 11.4 Å². The second kappa shape index (κ2) is 5.83. The van der Waals surface area contributed by atoms with Crippen molar-refractivity contribution in [3.8, 4) is 0 Å². The number of rotatable bonds is 3. The van der Waals surface area contributed by atoms with Crippen LogP contribution in [-0.2, 0) is 4.84 Å². The molecule has 0 aliphatic carbocycles. The highest BCUT2D eigenvalue weighted by molar-refractivity contribution is 6.03. The van der Waals surface area contributed by atoms with Gasteiger partial charge in [0, 0.05) is 18.1 Å². The summed E-state index contributed by atoms with van der Waals surface area (Å²) >= 11 is 0. The van der Waals surface area contributed by atoms with E-state index < -0.39 is 6.10 Å². The smallest absolute Gasteiger partial charge is 0.276 e. The Labute approximate surface area is 134 Å². The molecule has 0 aromatic heterocycles. The van der Waals surface area contributed by atoms with Crippen LogP contribution in [0.15, 0.2) is 41.6 Å². The van der Waals surface area contributed by atoms with Gasteiger partial charge in [-0.25, -0.2) is 0 Å². The van der Waals surface area contributed by atoms with Crippen molar-refractivity contribution in [2.24, 2.45) is 5.16 Å². The van der Waals surface area contributed by atoms with E-state index in [0.29, 0.717) is 12.0 Å². The Kier molecular flexibility index (Phi) is 3.86. The predicted molar refractivity (Wildman–Crippen MR) is 88.7 cm³/mol. The topological polar surface area (TPSA) is 64.7 Å². The molecule has 118 valence electrons. The summed E-state index contributed by atoms with van der Waals surface area (Å²) in [6.07, 6.45) is 0.127. The maximum atomic E-state index is 11.2. The van der Waals surface area contributed by atoms with E-state index in [1.54, 1.807) is 18.2 Å². The molecule has 3 rings (SSSR count). The molecule has 0 bridgehead atoms. The number of hydrogen-bond acceptors (Lipinski definition) is 4. The summed E-state index contributed by atoms with van der Waals surface area (Å²) in [6, 6.07) is 10.9. The van der Waals surface area contributed by atoms with Crippen LogP contribution >= 0.6 is 0 Å². The Balaban J connectivity index is 1.92. The van der Waals surface area contributed by atoms with Gasteiger partial charge in [0.15, 0.2) is 6.10 Å². The van der Waals surface area contributed by atoms with Crippen LogP contribution in [0.5, 0.6) is 0 Å². The average Bonchev–Trinajstić information content (AvgIpc) is 2.95. The molecule has 0 N–H and O–H groups in total. The van der Waals surface area contributed by atoms with Gasteiger partial charge in [0.25, 0.3) is 5.69 Å². The van der Waals surface area contributed by atoms with E-state index in [-0.39, 0.29) is 10.6 Å². The molecule has 0 saturated carbocycles. The van der Waals surface area contributed by atoms with Crippen LogP contribution in [0.2, 0.25) is 0 Å². The molecule has 0 radical (unpaired) electrons. The molecule has 2 aromatic carbocycles. The Morgan fingerprint density at radius 3 is 2.48 bits per heavy atom. The highest BCUT2D eigenvalue weighted by Crippen LogP contribution is 2.35. The van der Waals surface area contributed by atoms with E-state index >= 15 is 0 Å².